The molecule has 1 rings (SSSR count). The molecule has 1 saturated heterocycles. The van der Waals surface area contributed by atoms with Gasteiger partial charge >= 0.3 is 0 Å². The molecule has 1 aliphatic rings. The number of hydrogen-bond acceptors (Lipinski definition) is 6. The first-order valence-corrected chi connectivity index (χ1v) is 6.01. The smallest absolute Gasteiger partial charge is 0.264 e. The van der Waals surface area contributed by atoms with E-state index in [0.717, 1.165) is 6.26 Å². The minimum atomic E-state index is -3.71. The van der Waals surface area contributed by atoms with Crippen LogP contribution in [0.5, 0.6) is 0 Å². The van der Waals surface area contributed by atoms with Gasteiger partial charge in [0.2, 0.25) is 0 Å². The number of rotatable bonds is 2. The summed E-state index contributed by atoms with van der Waals surface area (Å²) in [5.74, 6) is 0. The Morgan fingerprint density at radius 3 is 2.43 bits per heavy atom. The first-order valence-electron chi connectivity index (χ1n) is 4.19. The van der Waals surface area contributed by atoms with Gasteiger partial charge in [-0.1, -0.05) is 0 Å². The predicted molar refractivity (Wildman–Crippen MR) is 46.9 cm³/mol. The van der Waals surface area contributed by atoms with Crippen molar-refractivity contribution in [2.45, 2.75) is 37.9 Å². The standard InChI is InChI=1S/C7H14O6S/c1-4-3-5(8)6(7(9)12-4)13-14(2,10)11/h4-9H,3H2,1-2H3/t4-,5+,6-,7-/m1/s1. The summed E-state index contributed by atoms with van der Waals surface area (Å²) in [6.45, 7) is 1.67. The zero-order valence-corrected chi connectivity index (χ0v) is 8.77. The van der Waals surface area contributed by atoms with E-state index in [1.807, 2.05) is 0 Å². The van der Waals surface area contributed by atoms with Gasteiger partial charge < -0.3 is 14.9 Å². The fraction of sp³-hybridized carbons (Fsp3) is 1.00. The van der Waals surface area contributed by atoms with E-state index in [1.54, 1.807) is 6.92 Å². The van der Waals surface area contributed by atoms with Gasteiger partial charge in [-0.2, -0.15) is 8.42 Å². The van der Waals surface area contributed by atoms with Crippen molar-refractivity contribution in [2.24, 2.45) is 0 Å². The summed E-state index contributed by atoms with van der Waals surface area (Å²) in [6, 6.07) is 0. The SMILES string of the molecule is C[C@@H]1C[C@H](O)[C@@H](OS(C)(=O)=O)[C@H](O)O1. The summed E-state index contributed by atoms with van der Waals surface area (Å²) in [4.78, 5) is 0. The average molecular weight is 226 g/mol. The quantitative estimate of drug-likeness (QED) is 0.576. The Kier molecular flexibility index (Phi) is 3.49. The van der Waals surface area contributed by atoms with E-state index >= 15 is 0 Å². The predicted octanol–water partition coefficient (Wildman–Crippen LogP) is -1.18. The van der Waals surface area contributed by atoms with Crippen LogP contribution < -0.4 is 0 Å². The Hall–Kier alpha value is -0.210. The second-order valence-electron chi connectivity index (χ2n) is 3.41. The third-order valence-corrected chi connectivity index (χ3v) is 2.46. The number of aliphatic hydroxyl groups excluding tert-OH is 2. The van der Waals surface area contributed by atoms with Gasteiger partial charge in [-0.25, -0.2) is 0 Å². The van der Waals surface area contributed by atoms with Crippen LogP contribution in [-0.2, 0) is 19.0 Å². The Morgan fingerprint density at radius 1 is 1.43 bits per heavy atom. The number of aliphatic hydroxyl groups is 2. The lowest BCUT2D eigenvalue weighted by atomic mass is 10.0. The highest BCUT2D eigenvalue weighted by Crippen LogP contribution is 2.22. The molecular formula is C7H14O6S. The van der Waals surface area contributed by atoms with E-state index in [0.29, 0.717) is 0 Å². The van der Waals surface area contributed by atoms with Gasteiger partial charge in [-0.15, -0.1) is 0 Å². The molecule has 0 saturated carbocycles. The molecule has 1 fully saturated rings. The fourth-order valence-electron chi connectivity index (χ4n) is 1.35. The van der Waals surface area contributed by atoms with E-state index in [1.165, 1.54) is 0 Å². The zero-order chi connectivity index (χ0) is 10.9. The van der Waals surface area contributed by atoms with Gasteiger partial charge in [0.25, 0.3) is 10.1 Å². The Morgan fingerprint density at radius 2 is 2.00 bits per heavy atom. The van der Waals surface area contributed by atoms with Crippen molar-refractivity contribution < 1.29 is 27.6 Å². The van der Waals surface area contributed by atoms with Gasteiger partial charge in [0.1, 0.15) is 0 Å². The molecule has 0 aliphatic carbocycles. The maximum absolute atomic E-state index is 10.8. The van der Waals surface area contributed by atoms with Crippen LogP contribution in [0.1, 0.15) is 13.3 Å². The summed E-state index contributed by atoms with van der Waals surface area (Å²) in [5.41, 5.74) is 0. The molecule has 0 spiro atoms. The molecule has 0 amide bonds. The van der Waals surface area contributed by atoms with E-state index in [2.05, 4.69) is 4.18 Å². The van der Waals surface area contributed by atoms with Crippen molar-refractivity contribution in [2.75, 3.05) is 6.26 Å². The summed E-state index contributed by atoms with van der Waals surface area (Å²) in [6.07, 6.45) is -2.92. The van der Waals surface area contributed by atoms with Crippen molar-refractivity contribution in [3.8, 4) is 0 Å². The molecule has 84 valence electrons. The third kappa shape index (κ3) is 3.18. The molecule has 7 heteroatoms. The van der Waals surface area contributed by atoms with Gasteiger partial charge in [-0.05, 0) is 6.92 Å². The van der Waals surface area contributed by atoms with E-state index < -0.39 is 28.6 Å². The summed E-state index contributed by atoms with van der Waals surface area (Å²) < 4.78 is 31.0. The lowest BCUT2D eigenvalue weighted by molar-refractivity contribution is -0.234. The lowest BCUT2D eigenvalue weighted by Crippen LogP contribution is -2.49. The first kappa shape index (κ1) is 11.9. The molecule has 1 aliphatic heterocycles. The van der Waals surface area contributed by atoms with Crippen LogP contribution in [0.2, 0.25) is 0 Å². The van der Waals surface area contributed by atoms with Crippen LogP contribution in [0.3, 0.4) is 0 Å². The van der Waals surface area contributed by atoms with Crippen LogP contribution in [0, 0.1) is 0 Å². The molecule has 2 N–H and O–H groups in total. The molecule has 4 atom stereocenters. The van der Waals surface area contributed by atoms with Crippen LogP contribution in [-0.4, -0.2) is 49.5 Å². The van der Waals surface area contributed by atoms with Gasteiger partial charge in [-0.3, -0.25) is 4.18 Å². The lowest BCUT2D eigenvalue weighted by Gasteiger charge is -2.34. The summed E-state index contributed by atoms with van der Waals surface area (Å²) in [5, 5.41) is 18.7. The van der Waals surface area contributed by atoms with E-state index in [-0.39, 0.29) is 12.5 Å². The van der Waals surface area contributed by atoms with Crippen LogP contribution in [0.15, 0.2) is 0 Å². The normalized spacial score (nSPS) is 39.7. The maximum atomic E-state index is 10.8. The van der Waals surface area contributed by atoms with Gasteiger partial charge in [0, 0.05) is 6.42 Å². The summed E-state index contributed by atoms with van der Waals surface area (Å²) >= 11 is 0. The van der Waals surface area contributed by atoms with Gasteiger partial charge in [0.05, 0.1) is 18.5 Å². The molecule has 1 heterocycles. The van der Waals surface area contributed by atoms with Crippen molar-refractivity contribution in [1.82, 2.24) is 0 Å². The van der Waals surface area contributed by atoms with Crippen LogP contribution >= 0.6 is 0 Å². The van der Waals surface area contributed by atoms with Crippen LogP contribution in [0.4, 0.5) is 0 Å². The van der Waals surface area contributed by atoms with Crippen LogP contribution in [0.25, 0.3) is 0 Å². The third-order valence-electron chi connectivity index (χ3n) is 1.89. The van der Waals surface area contributed by atoms with Crippen molar-refractivity contribution in [1.29, 1.82) is 0 Å². The minimum absolute atomic E-state index is 0.233. The molecular weight excluding hydrogens is 212 g/mol. The second kappa shape index (κ2) is 4.11. The number of hydrogen-bond donors (Lipinski definition) is 2. The molecule has 0 aromatic heterocycles. The Labute approximate surface area is 82.6 Å². The molecule has 0 aromatic rings. The van der Waals surface area contributed by atoms with E-state index in [4.69, 9.17) is 4.74 Å². The Balaban J connectivity index is 2.68. The Bertz CT molecular complexity index is 275. The van der Waals surface area contributed by atoms with Crippen molar-refractivity contribution >= 4 is 10.1 Å². The maximum Gasteiger partial charge on any atom is 0.264 e. The first-order chi connectivity index (χ1) is 6.29. The topological polar surface area (TPSA) is 93.1 Å². The minimum Gasteiger partial charge on any atom is -0.390 e. The largest absolute Gasteiger partial charge is 0.390 e. The molecule has 6 nitrogen and oxygen atoms in total. The van der Waals surface area contributed by atoms with Gasteiger partial charge in [0.15, 0.2) is 12.4 Å². The fourth-order valence-corrected chi connectivity index (χ4v) is 1.98. The van der Waals surface area contributed by atoms with E-state index in [9.17, 15) is 18.6 Å². The molecule has 0 radical (unpaired) electrons. The zero-order valence-electron chi connectivity index (χ0n) is 7.95. The van der Waals surface area contributed by atoms with Crippen molar-refractivity contribution in [3.05, 3.63) is 0 Å². The molecule has 0 aromatic carbocycles. The monoisotopic (exact) mass is 226 g/mol. The molecule has 0 unspecified atom stereocenters. The average Bonchev–Trinajstić information content (AvgIpc) is 1.95. The molecule has 14 heavy (non-hydrogen) atoms. The second-order valence-corrected chi connectivity index (χ2v) is 5.01. The van der Waals surface area contributed by atoms with Crippen molar-refractivity contribution in [3.63, 3.8) is 0 Å². The molecule has 0 bridgehead atoms. The summed E-state index contributed by atoms with van der Waals surface area (Å²) in [7, 11) is -3.71. The highest BCUT2D eigenvalue weighted by molar-refractivity contribution is 7.86. The highest BCUT2D eigenvalue weighted by atomic mass is 32.2. The number of ether oxygens (including phenoxy) is 1. The highest BCUT2D eigenvalue weighted by Gasteiger charge is 2.38.